The summed E-state index contributed by atoms with van der Waals surface area (Å²) in [5, 5.41) is 0. The van der Waals surface area contributed by atoms with Crippen molar-refractivity contribution in [2.45, 2.75) is 57.8 Å². The summed E-state index contributed by atoms with van der Waals surface area (Å²) in [5.41, 5.74) is 5.50. The third-order valence-corrected chi connectivity index (χ3v) is 4.26. The van der Waals surface area contributed by atoms with E-state index in [9.17, 15) is 4.79 Å². The van der Waals surface area contributed by atoms with E-state index < -0.39 is 0 Å². The van der Waals surface area contributed by atoms with Crippen LogP contribution < -0.4 is 5.73 Å². The molecular weight excluding hydrogens is 254 g/mol. The van der Waals surface area contributed by atoms with E-state index in [0.29, 0.717) is 31.2 Å². The second-order valence-electron chi connectivity index (χ2n) is 6.25. The van der Waals surface area contributed by atoms with Crippen LogP contribution in [0.5, 0.6) is 0 Å². The highest BCUT2D eigenvalue weighted by Crippen LogP contribution is 2.21. The fourth-order valence-electron chi connectivity index (χ4n) is 3.48. The second-order valence-corrected chi connectivity index (χ2v) is 6.25. The lowest BCUT2D eigenvalue weighted by molar-refractivity contribution is -0.133. The van der Waals surface area contributed by atoms with Crippen LogP contribution >= 0.6 is 0 Å². The molecule has 0 aromatic carbocycles. The molecule has 2 heterocycles. The van der Waals surface area contributed by atoms with Crippen molar-refractivity contribution in [2.75, 3.05) is 32.7 Å². The number of nitrogens with two attached hydrogens (primary N) is 1. The van der Waals surface area contributed by atoms with Gasteiger partial charge in [-0.25, -0.2) is 0 Å². The van der Waals surface area contributed by atoms with Gasteiger partial charge in [-0.15, -0.1) is 0 Å². The van der Waals surface area contributed by atoms with E-state index in [0.717, 1.165) is 45.4 Å². The number of hydrogen-bond acceptors (Lipinski definition) is 4. The van der Waals surface area contributed by atoms with Crippen molar-refractivity contribution in [3.63, 3.8) is 0 Å². The maximum absolute atomic E-state index is 12.2. The van der Waals surface area contributed by atoms with E-state index in [1.165, 1.54) is 0 Å². The van der Waals surface area contributed by atoms with Gasteiger partial charge in [-0.1, -0.05) is 0 Å². The van der Waals surface area contributed by atoms with Crippen molar-refractivity contribution in [1.29, 1.82) is 0 Å². The molecule has 5 heteroatoms. The molecule has 0 unspecified atom stereocenters. The molecule has 3 atom stereocenters. The van der Waals surface area contributed by atoms with E-state index in [-0.39, 0.29) is 5.91 Å². The summed E-state index contributed by atoms with van der Waals surface area (Å²) in [4.78, 5) is 16.8. The highest BCUT2D eigenvalue weighted by molar-refractivity contribution is 5.76. The Hall–Kier alpha value is -0.650. The minimum atomic E-state index is 0.285. The first-order valence-corrected chi connectivity index (χ1v) is 7.97. The molecule has 2 aliphatic heterocycles. The molecule has 2 saturated heterocycles. The Morgan fingerprint density at radius 3 is 2.65 bits per heavy atom. The Morgan fingerprint density at radius 1 is 1.30 bits per heavy atom. The first kappa shape index (κ1) is 15.7. The van der Waals surface area contributed by atoms with Gasteiger partial charge in [0, 0.05) is 38.6 Å². The summed E-state index contributed by atoms with van der Waals surface area (Å²) in [5.74, 6) is 0.285. The molecule has 5 nitrogen and oxygen atoms in total. The fourth-order valence-corrected chi connectivity index (χ4v) is 3.48. The zero-order valence-corrected chi connectivity index (χ0v) is 12.9. The number of morpholine rings is 1. The fraction of sp³-hybridized carbons (Fsp3) is 0.933. The molecule has 2 fully saturated rings. The van der Waals surface area contributed by atoms with Crippen molar-refractivity contribution in [2.24, 2.45) is 5.73 Å². The topological polar surface area (TPSA) is 58.8 Å². The van der Waals surface area contributed by atoms with Crippen LogP contribution in [-0.2, 0) is 9.53 Å². The Labute approximate surface area is 122 Å². The molecule has 2 N–H and O–H groups in total. The third-order valence-electron chi connectivity index (χ3n) is 4.26. The third kappa shape index (κ3) is 4.17. The van der Waals surface area contributed by atoms with Crippen LogP contribution in [0, 0.1) is 0 Å². The van der Waals surface area contributed by atoms with Gasteiger partial charge in [0.1, 0.15) is 0 Å². The summed E-state index contributed by atoms with van der Waals surface area (Å²) in [7, 11) is 0. The van der Waals surface area contributed by atoms with Crippen LogP contribution in [0.3, 0.4) is 0 Å². The van der Waals surface area contributed by atoms with E-state index in [1.807, 2.05) is 0 Å². The van der Waals surface area contributed by atoms with Gasteiger partial charge in [0.15, 0.2) is 0 Å². The number of nitrogens with zero attached hydrogens (tertiary/aromatic N) is 2. The number of hydrogen-bond donors (Lipinski definition) is 1. The van der Waals surface area contributed by atoms with E-state index >= 15 is 0 Å². The summed E-state index contributed by atoms with van der Waals surface area (Å²) < 4.78 is 5.77. The van der Waals surface area contributed by atoms with Crippen LogP contribution in [0.15, 0.2) is 0 Å². The number of carbonyl (C=O) groups excluding carboxylic acids is 1. The van der Waals surface area contributed by atoms with Crippen molar-refractivity contribution in [3.8, 4) is 0 Å². The number of rotatable bonds is 5. The van der Waals surface area contributed by atoms with Crippen LogP contribution in [0.2, 0.25) is 0 Å². The quantitative estimate of drug-likeness (QED) is 0.812. The minimum Gasteiger partial charge on any atom is -0.373 e. The van der Waals surface area contributed by atoms with Gasteiger partial charge in [-0.2, -0.15) is 0 Å². The smallest absolute Gasteiger partial charge is 0.222 e. The molecule has 116 valence electrons. The Kier molecular flexibility index (Phi) is 5.81. The van der Waals surface area contributed by atoms with Crippen molar-refractivity contribution in [3.05, 3.63) is 0 Å². The first-order valence-electron chi connectivity index (χ1n) is 7.97. The predicted molar refractivity (Wildman–Crippen MR) is 79.5 cm³/mol. The lowest BCUT2D eigenvalue weighted by atomic mass is 10.1. The molecule has 0 bridgehead atoms. The van der Waals surface area contributed by atoms with E-state index in [2.05, 4.69) is 23.6 Å². The summed E-state index contributed by atoms with van der Waals surface area (Å²) in [6, 6.07) is 0.387. The van der Waals surface area contributed by atoms with Crippen LogP contribution in [0.25, 0.3) is 0 Å². The maximum atomic E-state index is 12.2. The summed E-state index contributed by atoms with van der Waals surface area (Å²) >= 11 is 0. The van der Waals surface area contributed by atoms with E-state index in [1.54, 1.807) is 0 Å². The number of ether oxygens (including phenoxy) is 1. The first-order chi connectivity index (χ1) is 9.60. The van der Waals surface area contributed by atoms with Gasteiger partial charge < -0.3 is 15.4 Å². The van der Waals surface area contributed by atoms with Crippen molar-refractivity contribution < 1.29 is 9.53 Å². The molecule has 1 amide bonds. The molecule has 20 heavy (non-hydrogen) atoms. The van der Waals surface area contributed by atoms with Gasteiger partial charge in [0.2, 0.25) is 5.91 Å². The molecule has 0 aromatic rings. The largest absolute Gasteiger partial charge is 0.373 e. The van der Waals surface area contributed by atoms with Crippen LogP contribution in [0.1, 0.15) is 39.5 Å². The lowest BCUT2D eigenvalue weighted by Crippen LogP contribution is -2.50. The highest BCUT2D eigenvalue weighted by Gasteiger charge is 2.31. The molecular formula is C15H29N3O2. The van der Waals surface area contributed by atoms with Gasteiger partial charge in [-0.3, -0.25) is 9.69 Å². The minimum absolute atomic E-state index is 0.285. The molecule has 2 rings (SSSR count). The molecule has 0 aliphatic carbocycles. The zero-order valence-electron chi connectivity index (χ0n) is 12.9. The molecule has 0 aromatic heterocycles. The number of amides is 1. The Balaban J connectivity index is 1.85. The highest BCUT2D eigenvalue weighted by atomic mass is 16.5. The summed E-state index contributed by atoms with van der Waals surface area (Å²) in [6.07, 6.45) is 4.25. The Morgan fingerprint density at radius 2 is 2.00 bits per heavy atom. The van der Waals surface area contributed by atoms with Crippen LogP contribution in [0.4, 0.5) is 0 Å². The molecule has 0 spiro atoms. The Bertz CT molecular complexity index is 314. The van der Waals surface area contributed by atoms with Gasteiger partial charge in [-0.05, 0) is 39.7 Å². The maximum Gasteiger partial charge on any atom is 0.222 e. The zero-order chi connectivity index (χ0) is 14.5. The van der Waals surface area contributed by atoms with Gasteiger partial charge in [0.25, 0.3) is 0 Å². The monoisotopic (exact) mass is 283 g/mol. The standard InChI is InChI=1S/C15H29N3O2/c1-12-9-17(10-13(2)20-12)11-14-5-4-8-18(14)15(19)6-3-7-16/h12-14H,3-11,16H2,1-2H3/t12-,13-,14-/m1/s1. The predicted octanol–water partition coefficient (Wildman–Crippen LogP) is 0.826. The second kappa shape index (κ2) is 7.38. The SMILES string of the molecule is C[C@@H]1CN(C[C@H]2CCCN2C(=O)CCCN)C[C@@H](C)O1. The average Bonchev–Trinajstić information content (AvgIpc) is 2.82. The lowest BCUT2D eigenvalue weighted by Gasteiger charge is -2.38. The van der Waals surface area contributed by atoms with Gasteiger partial charge in [0.05, 0.1) is 12.2 Å². The summed E-state index contributed by atoms with van der Waals surface area (Å²) in [6.45, 7) is 8.72. The van der Waals surface area contributed by atoms with Crippen molar-refractivity contribution in [1.82, 2.24) is 9.80 Å². The number of carbonyl (C=O) groups is 1. The average molecular weight is 283 g/mol. The molecule has 0 radical (unpaired) electrons. The molecule has 0 saturated carbocycles. The van der Waals surface area contributed by atoms with Crippen LogP contribution in [-0.4, -0.2) is 66.7 Å². The van der Waals surface area contributed by atoms with Crippen molar-refractivity contribution >= 4 is 5.91 Å². The normalized spacial score (nSPS) is 31.8. The van der Waals surface area contributed by atoms with E-state index in [4.69, 9.17) is 10.5 Å². The molecule has 2 aliphatic rings. The van der Waals surface area contributed by atoms with Gasteiger partial charge >= 0.3 is 0 Å². The number of likely N-dealkylation sites (tertiary alicyclic amines) is 1.